The van der Waals surface area contributed by atoms with Gasteiger partial charge in [-0.25, -0.2) is 8.42 Å². The number of ether oxygens (including phenoxy) is 2. The molecule has 140 valence electrons. The van der Waals surface area contributed by atoms with E-state index in [-0.39, 0.29) is 16.8 Å². The van der Waals surface area contributed by atoms with E-state index >= 15 is 0 Å². The number of sulfone groups is 1. The van der Waals surface area contributed by atoms with Crippen molar-refractivity contribution in [3.8, 4) is 0 Å². The smallest absolute Gasteiger partial charge is 0.181 e. The van der Waals surface area contributed by atoms with Crippen molar-refractivity contribution in [1.29, 1.82) is 0 Å². The van der Waals surface area contributed by atoms with E-state index in [1.807, 2.05) is 37.3 Å². The molecule has 2 aromatic rings. The molecule has 1 heterocycles. The van der Waals surface area contributed by atoms with Crippen LogP contribution in [0.2, 0.25) is 0 Å². The molecular formula is C20H24O5S. The molecule has 0 aromatic heterocycles. The molecule has 6 heteroatoms. The lowest BCUT2D eigenvalue weighted by Gasteiger charge is -2.15. The van der Waals surface area contributed by atoms with Crippen molar-refractivity contribution >= 4 is 9.84 Å². The van der Waals surface area contributed by atoms with Gasteiger partial charge in [0.15, 0.2) is 9.84 Å². The molecule has 0 spiro atoms. The van der Waals surface area contributed by atoms with E-state index in [2.05, 4.69) is 0 Å². The molecule has 0 amide bonds. The minimum absolute atomic E-state index is 0.230. The molecule has 2 aromatic carbocycles. The highest BCUT2D eigenvalue weighted by atomic mass is 32.2. The van der Waals surface area contributed by atoms with Gasteiger partial charge in [0.1, 0.15) is 0 Å². The van der Waals surface area contributed by atoms with Gasteiger partial charge in [0, 0.05) is 6.42 Å². The van der Waals surface area contributed by atoms with Gasteiger partial charge in [0.2, 0.25) is 0 Å². The topological polar surface area (TPSA) is 72.8 Å². The summed E-state index contributed by atoms with van der Waals surface area (Å²) in [7, 11) is -3.51. The number of benzene rings is 2. The largest absolute Gasteiger partial charge is 0.390 e. The Morgan fingerprint density at radius 1 is 1.12 bits per heavy atom. The fourth-order valence-corrected chi connectivity index (χ4v) is 4.49. The zero-order valence-corrected chi connectivity index (χ0v) is 15.6. The van der Waals surface area contributed by atoms with Crippen LogP contribution < -0.4 is 0 Å². The van der Waals surface area contributed by atoms with Gasteiger partial charge in [-0.15, -0.1) is 0 Å². The van der Waals surface area contributed by atoms with Crippen LogP contribution in [0.5, 0.6) is 0 Å². The first-order valence-corrected chi connectivity index (χ1v) is 10.3. The maximum absolute atomic E-state index is 12.5. The van der Waals surface area contributed by atoms with Crippen molar-refractivity contribution in [3.05, 3.63) is 65.7 Å². The number of aliphatic hydroxyl groups excluding tert-OH is 1. The minimum Gasteiger partial charge on any atom is -0.390 e. The highest BCUT2D eigenvalue weighted by Gasteiger charge is 2.37. The van der Waals surface area contributed by atoms with Crippen molar-refractivity contribution in [2.24, 2.45) is 0 Å². The van der Waals surface area contributed by atoms with Gasteiger partial charge in [-0.3, -0.25) is 0 Å². The summed E-state index contributed by atoms with van der Waals surface area (Å²) in [5, 5.41) is 10.2. The molecule has 26 heavy (non-hydrogen) atoms. The number of rotatable bonds is 7. The second-order valence-electron chi connectivity index (χ2n) is 6.69. The predicted molar refractivity (Wildman–Crippen MR) is 98.6 cm³/mol. The lowest BCUT2D eigenvalue weighted by molar-refractivity contribution is -0.0226. The van der Waals surface area contributed by atoms with Crippen molar-refractivity contribution in [1.82, 2.24) is 0 Å². The predicted octanol–water partition coefficient (Wildman–Crippen LogP) is 2.50. The first-order valence-electron chi connectivity index (χ1n) is 8.69. The Labute approximate surface area is 154 Å². The molecule has 1 aliphatic heterocycles. The normalized spacial score (nSPS) is 23.2. The second kappa shape index (κ2) is 8.31. The van der Waals surface area contributed by atoms with Crippen LogP contribution in [0.3, 0.4) is 0 Å². The lowest BCUT2D eigenvalue weighted by atomic mass is 10.1. The molecule has 1 fully saturated rings. The summed E-state index contributed by atoms with van der Waals surface area (Å²) in [5.74, 6) is -0.230. The van der Waals surface area contributed by atoms with Crippen molar-refractivity contribution in [3.63, 3.8) is 0 Å². The fourth-order valence-electron chi connectivity index (χ4n) is 3.01. The number of hydrogen-bond acceptors (Lipinski definition) is 5. The third kappa shape index (κ3) is 4.92. The Balaban J connectivity index is 1.52. The van der Waals surface area contributed by atoms with Crippen LogP contribution >= 0.6 is 0 Å². The van der Waals surface area contributed by atoms with Crippen molar-refractivity contribution < 1.29 is 23.0 Å². The van der Waals surface area contributed by atoms with E-state index < -0.39 is 22.0 Å². The summed E-state index contributed by atoms with van der Waals surface area (Å²) in [6, 6.07) is 16.5. The standard InChI is InChI=1S/C20H24O5S/c1-15-7-9-18(10-8-15)26(22,23)14-20-19(21)11-17(25-20)13-24-12-16-5-3-2-4-6-16/h2-10,17,19-21H,11-14H2,1H3/t17-,19-,20-/m0/s1. The summed E-state index contributed by atoms with van der Waals surface area (Å²) in [4.78, 5) is 0.252. The minimum atomic E-state index is -3.51. The molecule has 0 aliphatic carbocycles. The van der Waals surface area contributed by atoms with Gasteiger partial charge in [-0.05, 0) is 24.6 Å². The van der Waals surface area contributed by atoms with Crippen LogP contribution in [0.4, 0.5) is 0 Å². The molecule has 1 N–H and O–H groups in total. The van der Waals surface area contributed by atoms with Gasteiger partial charge in [-0.1, -0.05) is 48.0 Å². The zero-order chi connectivity index (χ0) is 18.6. The van der Waals surface area contributed by atoms with E-state index in [9.17, 15) is 13.5 Å². The fraction of sp³-hybridized carbons (Fsp3) is 0.400. The molecule has 3 atom stereocenters. The maximum atomic E-state index is 12.5. The molecular weight excluding hydrogens is 352 g/mol. The summed E-state index contributed by atoms with van der Waals surface area (Å²) >= 11 is 0. The van der Waals surface area contributed by atoms with Gasteiger partial charge < -0.3 is 14.6 Å². The van der Waals surface area contributed by atoms with E-state index in [4.69, 9.17) is 9.47 Å². The second-order valence-corrected chi connectivity index (χ2v) is 8.73. The quantitative estimate of drug-likeness (QED) is 0.804. The van der Waals surface area contributed by atoms with Crippen molar-refractivity contribution in [2.45, 2.75) is 43.2 Å². The average molecular weight is 376 g/mol. The lowest BCUT2D eigenvalue weighted by Crippen LogP contribution is -2.30. The summed E-state index contributed by atoms with van der Waals surface area (Å²) < 4.78 is 36.4. The zero-order valence-electron chi connectivity index (χ0n) is 14.7. The molecule has 0 saturated carbocycles. The van der Waals surface area contributed by atoms with Gasteiger partial charge in [0.25, 0.3) is 0 Å². The Morgan fingerprint density at radius 2 is 1.81 bits per heavy atom. The van der Waals surface area contributed by atoms with Crippen LogP contribution in [0.25, 0.3) is 0 Å². The molecule has 0 unspecified atom stereocenters. The molecule has 0 radical (unpaired) electrons. The third-order valence-electron chi connectivity index (χ3n) is 4.48. The molecule has 3 rings (SSSR count). The van der Waals surface area contributed by atoms with Crippen molar-refractivity contribution in [2.75, 3.05) is 12.4 Å². The molecule has 0 bridgehead atoms. The highest BCUT2D eigenvalue weighted by molar-refractivity contribution is 7.91. The van der Waals surface area contributed by atoms with Crippen LogP contribution in [0.15, 0.2) is 59.5 Å². The van der Waals surface area contributed by atoms with Gasteiger partial charge in [0.05, 0.1) is 42.2 Å². The highest BCUT2D eigenvalue weighted by Crippen LogP contribution is 2.24. The Morgan fingerprint density at radius 3 is 2.50 bits per heavy atom. The average Bonchev–Trinajstić information content (AvgIpc) is 2.95. The number of aryl methyl sites for hydroxylation is 1. The number of hydrogen-bond donors (Lipinski definition) is 1. The van der Waals surface area contributed by atoms with Crippen LogP contribution in [-0.2, 0) is 25.9 Å². The first kappa shape index (κ1) is 19.0. The first-order chi connectivity index (χ1) is 12.4. The van der Waals surface area contributed by atoms with Crippen LogP contribution in [0, 0.1) is 6.92 Å². The van der Waals surface area contributed by atoms with Crippen LogP contribution in [-0.4, -0.2) is 44.2 Å². The SMILES string of the molecule is Cc1ccc(S(=O)(=O)C[C@@H]2O[C@H](COCc3ccccc3)C[C@@H]2O)cc1. The van der Waals surface area contributed by atoms with E-state index in [0.29, 0.717) is 19.6 Å². The Hall–Kier alpha value is -1.73. The van der Waals surface area contributed by atoms with E-state index in [1.165, 1.54) is 0 Å². The molecule has 1 saturated heterocycles. The van der Waals surface area contributed by atoms with Gasteiger partial charge in [-0.2, -0.15) is 0 Å². The summed E-state index contributed by atoms with van der Waals surface area (Å²) in [5.41, 5.74) is 2.06. The Kier molecular flexibility index (Phi) is 6.09. The van der Waals surface area contributed by atoms with Gasteiger partial charge >= 0.3 is 0 Å². The number of aliphatic hydroxyl groups is 1. The van der Waals surface area contributed by atoms with E-state index in [1.54, 1.807) is 24.3 Å². The third-order valence-corrected chi connectivity index (χ3v) is 6.24. The maximum Gasteiger partial charge on any atom is 0.181 e. The Bertz CT molecular complexity index is 802. The summed E-state index contributed by atoms with van der Waals surface area (Å²) in [6.07, 6.45) is -1.46. The molecule has 1 aliphatic rings. The summed E-state index contributed by atoms with van der Waals surface area (Å²) in [6.45, 7) is 2.69. The van der Waals surface area contributed by atoms with E-state index in [0.717, 1.165) is 11.1 Å². The monoisotopic (exact) mass is 376 g/mol. The molecule has 5 nitrogen and oxygen atoms in total. The van der Waals surface area contributed by atoms with Crippen LogP contribution in [0.1, 0.15) is 17.5 Å².